The van der Waals surface area contributed by atoms with Crippen LogP contribution in [0.1, 0.15) is 91.9 Å². The van der Waals surface area contributed by atoms with E-state index in [2.05, 4.69) is 56.9 Å². The summed E-state index contributed by atoms with van der Waals surface area (Å²) in [5, 5.41) is 9.24. The first-order valence-electron chi connectivity index (χ1n) is 11.2. The van der Waals surface area contributed by atoms with Crippen molar-refractivity contribution < 1.29 is 9.90 Å². The Morgan fingerprint density at radius 3 is 1.59 bits per heavy atom. The zero-order valence-electron chi connectivity index (χ0n) is 18.5. The molecule has 0 fully saturated rings. The molecule has 0 aliphatic rings. The lowest BCUT2D eigenvalue weighted by molar-refractivity contribution is -0.138. The van der Waals surface area contributed by atoms with E-state index in [4.69, 9.17) is 0 Å². The van der Waals surface area contributed by atoms with Crippen LogP contribution in [0.5, 0.6) is 0 Å². The van der Waals surface area contributed by atoms with Crippen molar-refractivity contribution in [1.29, 1.82) is 0 Å². The fourth-order valence-electron chi connectivity index (χ4n) is 3.34. The highest BCUT2D eigenvalue weighted by Gasteiger charge is 2.16. The van der Waals surface area contributed by atoms with Crippen molar-refractivity contribution in [3.8, 4) is 0 Å². The maximum Gasteiger partial charge on any atom is 0.317 e. The quantitative estimate of drug-likeness (QED) is 0.213. The van der Waals surface area contributed by atoms with E-state index in [1.54, 1.807) is 0 Å². The van der Waals surface area contributed by atoms with Crippen LogP contribution in [0.25, 0.3) is 0 Å². The SMILES string of the molecule is CCCC/C=C/CCC(C)CN(CC(=O)O)CC(C)CC/C=C/CCCC. The van der Waals surface area contributed by atoms with Gasteiger partial charge in [0.25, 0.3) is 0 Å². The maximum absolute atomic E-state index is 11.2. The highest BCUT2D eigenvalue weighted by molar-refractivity contribution is 5.69. The number of carbonyl (C=O) groups is 1. The fourth-order valence-corrected chi connectivity index (χ4v) is 3.34. The van der Waals surface area contributed by atoms with Gasteiger partial charge < -0.3 is 5.11 Å². The van der Waals surface area contributed by atoms with Gasteiger partial charge in [-0.25, -0.2) is 0 Å². The van der Waals surface area contributed by atoms with Crippen LogP contribution in [0.4, 0.5) is 0 Å². The Labute approximate surface area is 168 Å². The molecule has 0 saturated carbocycles. The molecule has 0 aliphatic carbocycles. The van der Waals surface area contributed by atoms with Crippen molar-refractivity contribution in [2.75, 3.05) is 19.6 Å². The van der Waals surface area contributed by atoms with Gasteiger partial charge in [-0.15, -0.1) is 0 Å². The van der Waals surface area contributed by atoms with Gasteiger partial charge in [0, 0.05) is 13.1 Å². The van der Waals surface area contributed by atoms with Gasteiger partial charge >= 0.3 is 5.97 Å². The van der Waals surface area contributed by atoms with Crippen LogP contribution in [0.3, 0.4) is 0 Å². The predicted octanol–water partition coefficient (Wildman–Crippen LogP) is 6.70. The molecule has 0 aromatic heterocycles. The molecule has 0 aromatic carbocycles. The van der Waals surface area contributed by atoms with Crippen molar-refractivity contribution in [2.24, 2.45) is 11.8 Å². The fraction of sp³-hybridized carbons (Fsp3) is 0.792. The predicted molar refractivity (Wildman–Crippen MR) is 118 cm³/mol. The Hall–Kier alpha value is -1.09. The largest absolute Gasteiger partial charge is 0.480 e. The molecule has 0 bridgehead atoms. The normalized spacial score (nSPS) is 14.4. The molecule has 3 nitrogen and oxygen atoms in total. The molecule has 158 valence electrons. The minimum Gasteiger partial charge on any atom is -0.480 e. The summed E-state index contributed by atoms with van der Waals surface area (Å²) >= 11 is 0. The topological polar surface area (TPSA) is 40.5 Å². The van der Waals surface area contributed by atoms with Crippen LogP contribution in [0, 0.1) is 11.8 Å². The number of aliphatic carboxylic acids is 1. The van der Waals surface area contributed by atoms with E-state index in [-0.39, 0.29) is 6.54 Å². The molecule has 0 aliphatic heterocycles. The minimum atomic E-state index is -0.715. The van der Waals surface area contributed by atoms with Crippen molar-refractivity contribution in [2.45, 2.75) is 91.9 Å². The lowest BCUT2D eigenvalue weighted by Gasteiger charge is -2.26. The molecule has 2 atom stereocenters. The summed E-state index contributed by atoms with van der Waals surface area (Å²) in [6.07, 6.45) is 21.0. The van der Waals surface area contributed by atoms with Gasteiger partial charge in [0.1, 0.15) is 0 Å². The Morgan fingerprint density at radius 1 is 0.815 bits per heavy atom. The second kappa shape index (κ2) is 18.3. The summed E-state index contributed by atoms with van der Waals surface area (Å²) in [6.45, 7) is 10.9. The first-order valence-corrected chi connectivity index (χ1v) is 11.2. The van der Waals surface area contributed by atoms with Gasteiger partial charge in [-0.05, 0) is 50.4 Å². The third-order valence-electron chi connectivity index (χ3n) is 4.93. The lowest BCUT2D eigenvalue weighted by Crippen LogP contribution is -2.36. The monoisotopic (exact) mass is 379 g/mol. The average molecular weight is 380 g/mol. The molecule has 2 unspecified atom stereocenters. The summed E-state index contributed by atoms with van der Waals surface area (Å²) in [5.74, 6) is 0.343. The van der Waals surface area contributed by atoms with Gasteiger partial charge in [-0.1, -0.05) is 77.7 Å². The zero-order chi connectivity index (χ0) is 20.3. The van der Waals surface area contributed by atoms with Gasteiger partial charge in [0.15, 0.2) is 0 Å². The summed E-state index contributed by atoms with van der Waals surface area (Å²) in [6, 6.07) is 0. The second-order valence-corrected chi connectivity index (χ2v) is 8.18. The summed E-state index contributed by atoms with van der Waals surface area (Å²) in [7, 11) is 0. The van der Waals surface area contributed by atoms with E-state index < -0.39 is 5.97 Å². The van der Waals surface area contributed by atoms with Crippen molar-refractivity contribution >= 4 is 5.97 Å². The smallest absolute Gasteiger partial charge is 0.317 e. The Balaban J connectivity index is 4.18. The molecule has 0 aromatic rings. The molecule has 0 rings (SSSR count). The molecule has 1 N–H and O–H groups in total. The summed E-state index contributed by atoms with van der Waals surface area (Å²) in [4.78, 5) is 13.4. The second-order valence-electron chi connectivity index (χ2n) is 8.18. The molecular weight excluding hydrogens is 334 g/mol. The van der Waals surface area contributed by atoms with Gasteiger partial charge in [0.2, 0.25) is 0 Å². The lowest BCUT2D eigenvalue weighted by atomic mass is 10.0. The molecule has 27 heavy (non-hydrogen) atoms. The Bertz CT molecular complexity index is 373. The zero-order valence-corrected chi connectivity index (χ0v) is 18.5. The van der Waals surface area contributed by atoms with E-state index >= 15 is 0 Å². The molecule has 0 amide bonds. The van der Waals surface area contributed by atoms with Crippen LogP contribution in [-0.2, 0) is 4.79 Å². The molecule has 0 radical (unpaired) electrons. The highest BCUT2D eigenvalue weighted by atomic mass is 16.4. The highest BCUT2D eigenvalue weighted by Crippen LogP contribution is 2.14. The first-order chi connectivity index (χ1) is 13.0. The third-order valence-corrected chi connectivity index (χ3v) is 4.93. The van der Waals surface area contributed by atoms with E-state index in [9.17, 15) is 9.90 Å². The number of unbranched alkanes of at least 4 members (excludes halogenated alkanes) is 4. The van der Waals surface area contributed by atoms with E-state index in [0.29, 0.717) is 11.8 Å². The van der Waals surface area contributed by atoms with Crippen LogP contribution in [-0.4, -0.2) is 35.6 Å². The Kier molecular flexibility index (Phi) is 17.5. The first kappa shape index (κ1) is 25.9. The van der Waals surface area contributed by atoms with Gasteiger partial charge in [-0.2, -0.15) is 0 Å². The number of allylic oxidation sites excluding steroid dienone is 4. The molecule has 0 spiro atoms. The number of carboxylic acid groups (broad SMARTS) is 1. The molecule has 0 saturated heterocycles. The van der Waals surface area contributed by atoms with Crippen LogP contribution in [0.15, 0.2) is 24.3 Å². The van der Waals surface area contributed by atoms with E-state index in [1.807, 2.05) is 0 Å². The number of hydrogen-bond acceptors (Lipinski definition) is 2. The summed E-state index contributed by atoms with van der Waals surface area (Å²) < 4.78 is 0. The van der Waals surface area contributed by atoms with Crippen molar-refractivity contribution in [3.05, 3.63) is 24.3 Å². The van der Waals surface area contributed by atoms with E-state index in [1.165, 1.54) is 38.5 Å². The molecule has 0 heterocycles. The number of nitrogens with zero attached hydrogens (tertiary/aromatic N) is 1. The number of hydrogen-bond donors (Lipinski definition) is 1. The maximum atomic E-state index is 11.2. The van der Waals surface area contributed by atoms with Crippen molar-refractivity contribution in [3.63, 3.8) is 0 Å². The van der Waals surface area contributed by atoms with Gasteiger partial charge in [0.05, 0.1) is 6.54 Å². The van der Waals surface area contributed by atoms with Gasteiger partial charge in [-0.3, -0.25) is 9.69 Å². The minimum absolute atomic E-state index is 0.160. The van der Waals surface area contributed by atoms with E-state index in [0.717, 1.165) is 38.8 Å². The van der Waals surface area contributed by atoms with Crippen LogP contribution in [0.2, 0.25) is 0 Å². The summed E-state index contributed by atoms with van der Waals surface area (Å²) in [5.41, 5.74) is 0. The van der Waals surface area contributed by atoms with Crippen LogP contribution >= 0.6 is 0 Å². The third kappa shape index (κ3) is 18.1. The van der Waals surface area contributed by atoms with Crippen molar-refractivity contribution in [1.82, 2.24) is 4.90 Å². The Morgan fingerprint density at radius 2 is 1.22 bits per heavy atom. The molecular formula is C24H45NO2. The average Bonchev–Trinajstić information content (AvgIpc) is 2.60. The number of rotatable bonds is 18. The van der Waals surface area contributed by atoms with Crippen LogP contribution < -0.4 is 0 Å². The molecule has 3 heteroatoms. The standard InChI is InChI=1S/C24H45NO2/c1-5-7-9-11-13-15-17-22(3)19-25(21-24(26)27)20-23(4)18-16-14-12-10-8-6-2/h11-14,22-23H,5-10,15-21H2,1-4H3,(H,26,27)/b13-11+,14-12+. The number of carboxylic acids is 1.